The number of anilines is 1. The number of ether oxygens (including phenoxy) is 1. The van der Waals surface area contributed by atoms with Crippen molar-refractivity contribution in [2.45, 2.75) is 19.4 Å². The molecule has 172 valence electrons. The van der Waals surface area contributed by atoms with E-state index in [0.29, 0.717) is 41.7 Å². The van der Waals surface area contributed by atoms with Crippen LogP contribution in [0, 0.1) is 0 Å². The van der Waals surface area contributed by atoms with Gasteiger partial charge in [-0.25, -0.2) is 4.98 Å². The first-order chi connectivity index (χ1) is 16.4. The molecule has 0 atom stereocenters. The lowest BCUT2D eigenvalue weighted by atomic mass is 9.79. The molecule has 0 saturated heterocycles. The summed E-state index contributed by atoms with van der Waals surface area (Å²) in [5.41, 5.74) is 8.99. The molecule has 1 aliphatic heterocycles. The Balaban J connectivity index is 1.57. The van der Waals surface area contributed by atoms with Gasteiger partial charge in [0, 0.05) is 36.1 Å². The monoisotopic (exact) mass is 457 g/mol. The molecule has 1 amide bonds. The summed E-state index contributed by atoms with van der Waals surface area (Å²) in [6.45, 7) is 1.02. The van der Waals surface area contributed by atoms with Gasteiger partial charge in [0.15, 0.2) is 5.82 Å². The molecule has 0 bridgehead atoms. The van der Waals surface area contributed by atoms with Crippen LogP contribution in [0.25, 0.3) is 22.3 Å². The third kappa shape index (κ3) is 3.97. The Kier molecular flexibility index (Phi) is 5.68. The van der Waals surface area contributed by atoms with Crippen LogP contribution >= 0.6 is 0 Å². The van der Waals surface area contributed by atoms with Gasteiger partial charge in [-0.1, -0.05) is 36.4 Å². The summed E-state index contributed by atoms with van der Waals surface area (Å²) in [5, 5.41) is 23.9. The number of hydrogen-bond acceptors (Lipinski definition) is 7. The van der Waals surface area contributed by atoms with E-state index in [1.807, 2.05) is 29.9 Å². The number of carbonyl (C=O) groups excluding carboxylic acids is 1. The molecule has 9 nitrogen and oxygen atoms in total. The number of nitrogens with one attached hydrogen (secondary N) is 1. The van der Waals surface area contributed by atoms with Crippen LogP contribution in [0.5, 0.6) is 5.88 Å². The second-order valence-electron chi connectivity index (χ2n) is 8.32. The van der Waals surface area contributed by atoms with E-state index in [9.17, 15) is 14.8 Å². The predicted octanol–water partition coefficient (Wildman–Crippen LogP) is 1.35. The van der Waals surface area contributed by atoms with Crippen molar-refractivity contribution in [2.24, 2.45) is 12.8 Å². The van der Waals surface area contributed by atoms with Crippen LogP contribution in [0.15, 0.2) is 48.7 Å². The standard InChI is InChI=1S/C24H24BN5O4/c1-30-13-19-16(7-3-8-17(19)21(26)31)20(30)23-28-22(18-9-4-10-34-24(18)29-23)27-12-14-5-2-6-15(11-14)25(32)33/h2-3,5-8,11,13,32-33H,4,9-10,12H2,1H3,(H2,26,31)(H,27,28,29). The van der Waals surface area contributed by atoms with Gasteiger partial charge in [-0.15, -0.1) is 0 Å². The average molecular weight is 457 g/mol. The zero-order valence-corrected chi connectivity index (χ0v) is 18.7. The van der Waals surface area contributed by atoms with Crippen molar-refractivity contribution in [2.75, 3.05) is 11.9 Å². The highest BCUT2D eigenvalue weighted by atomic mass is 16.5. The Hall–Kier alpha value is -3.89. The summed E-state index contributed by atoms with van der Waals surface area (Å²) >= 11 is 0. The SMILES string of the molecule is Cn1cc2c(C(N)=O)cccc2c1-c1nc(NCc2cccc(B(O)O)c2)c2c(n1)OCCC2. The van der Waals surface area contributed by atoms with E-state index in [1.54, 1.807) is 30.3 Å². The number of nitrogens with zero attached hydrogens (tertiary/aromatic N) is 3. The smallest absolute Gasteiger partial charge is 0.477 e. The summed E-state index contributed by atoms with van der Waals surface area (Å²) in [6.07, 6.45) is 3.51. The molecule has 0 fully saturated rings. The topological polar surface area (TPSA) is 136 Å². The van der Waals surface area contributed by atoms with E-state index < -0.39 is 13.0 Å². The molecule has 5 N–H and O–H groups in total. The third-order valence-electron chi connectivity index (χ3n) is 6.00. The average Bonchev–Trinajstić information content (AvgIpc) is 3.18. The van der Waals surface area contributed by atoms with Gasteiger partial charge in [0.2, 0.25) is 11.8 Å². The first kappa shape index (κ1) is 21.9. The van der Waals surface area contributed by atoms with Crippen molar-refractivity contribution in [3.63, 3.8) is 0 Å². The molecule has 0 unspecified atom stereocenters. The van der Waals surface area contributed by atoms with Crippen molar-refractivity contribution < 1.29 is 19.6 Å². The fraction of sp³-hybridized carbons (Fsp3) is 0.208. The van der Waals surface area contributed by atoms with Crippen LogP contribution in [0.1, 0.15) is 27.9 Å². The van der Waals surface area contributed by atoms with Gasteiger partial charge in [-0.2, -0.15) is 4.98 Å². The summed E-state index contributed by atoms with van der Waals surface area (Å²) in [7, 11) is 0.352. The van der Waals surface area contributed by atoms with Crippen molar-refractivity contribution in [1.82, 2.24) is 14.5 Å². The highest BCUT2D eigenvalue weighted by molar-refractivity contribution is 6.58. The molecule has 0 spiro atoms. The molecule has 0 radical (unpaired) electrons. The predicted molar refractivity (Wildman–Crippen MR) is 130 cm³/mol. The number of hydrogen-bond donors (Lipinski definition) is 4. The van der Waals surface area contributed by atoms with E-state index in [1.165, 1.54) is 0 Å². The van der Waals surface area contributed by atoms with Crippen LogP contribution in [-0.2, 0) is 20.0 Å². The van der Waals surface area contributed by atoms with Crippen LogP contribution in [0.3, 0.4) is 0 Å². The molecule has 3 heterocycles. The largest absolute Gasteiger partial charge is 0.488 e. The van der Waals surface area contributed by atoms with Crippen molar-refractivity contribution in [3.8, 4) is 17.4 Å². The highest BCUT2D eigenvalue weighted by Gasteiger charge is 2.23. The van der Waals surface area contributed by atoms with E-state index in [-0.39, 0.29) is 0 Å². The molecule has 5 rings (SSSR count). The maximum absolute atomic E-state index is 11.9. The maximum atomic E-state index is 11.9. The number of amides is 1. The Morgan fingerprint density at radius 3 is 2.82 bits per heavy atom. The zero-order chi connectivity index (χ0) is 23.8. The van der Waals surface area contributed by atoms with Crippen molar-refractivity contribution in [1.29, 1.82) is 0 Å². The van der Waals surface area contributed by atoms with Gasteiger partial charge < -0.3 is 30.4 Å². The summed E-state index contributed by atoms with van der Waals surface area (Å²) in [5.74, 6) is 1.19. The second-order valence-corrected chi connectivity index (χ2v) is 8.32. The third-order valence-corrected chi connectivity index (χ3v) is 6.00. The minimum atomic E-state index is -1.53. The molecule has 34 heavy (non-hydrogen) atoms. The van der Waals surface area contributed by atoms with Gasteiger partial charge in [-0.05, 0) is 29.9 Å². The van der Waals surface area contributed by atoms with E-state index in [2.05, 4.69) is 5.32 Å². The fourth-order valence-electron chi connectivity index (χ4n) is 4.38. The van der Waals surface area contributed by atoms with Crippen LogP contribution in [0.4, 0.5) is 5.82 Å². The molecular formula is C24H24BN5O4. The molecule has 1 aliphatic rings. The number of nitrogens with two attached hydrogens (primary N) is 1. The first-order valence-electron chi connectivity index (χ1n) is 11.0. The number of benzene rings is 2. The van der Waals surface area contributed by atoms with E-state index in [4.69, 9.17) is 20.4 Å². The number of primary amides is 1. The molecule has 2 aromatic heterocycles. The number of aryl methyl sites for hydroxylation is 1. The number of fused-ring (bicyclic) bond motifs is 2. The first-order valence-corrected chi connectivity index (χ1v) is 11.0. The van der Waals surface area contributed by atoms with E-state index in [0.717, 1.165) is 40.4 Å². The Morgan fingerprint density at radius 2 is 2.03 bits per heavy atom. The number of aromatic nitrogens is 3. The van der Waals surface area contributed by atoms with E-state index >= 15 is 0 Å². The summed E-state index contributed by atoms with van der Waals surface area (Å²) < 4.78 is 7.77. The van der Waals surface area contributed by atoms with Gasteiger partial charge >= 0.3 is 7.12 Å². The molecule has 0 aliphatic carbocycles. The number of carbonyl (C=O) groups is 1. The van der Waals surface area contributed by atoms with Gasteiger partial charge in [0.25, 0.3) is 0 Å². The number of rotatable bonds is 6. The lowest BCUT2D eigenvalue weighted by Crippen LogP contribution is -2.30. The lowest BCUT2D eigenvalue weighted by molar-refractivity contribution is 0.100. The van der Waals surface area contributed by atoms with Crippen LogP contribution < -0.4 is 21.3 Å². The van der Waals surface area contributed by atoms with Crippen LogP contribution in [-0.4, -0.2) is 44.2 Å². The minimum absolute atomic E-state index is 0.425. The Morgan fingerprint density at radius 1 is 1.21 bits per heavy atom. The lowest BCUT2D eigenvalue weighted by Gasteiger charge is -2.20. The minimum Gasteiger partial charge on any atom is -0.477 e. The molecule has 2 aromatic carbocycles. The molecular weight excluding hydrogens is 433 g/mol. The Labute approximate surface area is 196 Å². The quantitative estimate of drug-likeness (QED) is 0.321. The van der Waals surface area contributed by atoms with Crippen molar-refractivity contribution >= 4 is 35.1 Å². The van der Waals surface area contributed by atoms with Gasteiger partial charge in [0.05, 0.1) is 17.9 Å². The fourth-order valence-corrected chi connectivity index (χ4v) is 4.38. The maximum Gasteiger partial charge on any atom is 0.488 e. The molecule has 4 aromatic rings. The highest BCUT2D eigenvalue weighted by Crippen LogP contribution is 2.35. The second kappa shape index (κ2) is 8.81. The van der Waals surface area contributed by atoms with Crippen molar-refractivity contribution in [3.05, 3.63) is 65.4 Å². The summed E-state index contributed by atoms with van der Waals surface area (Å²) in [4.78, 5) is 21.5. The van der Waals surface area contributed by atoms with Gasteiger partial charge in [-0.3, -0.25) is 4.79 Å². The molecule has 0 saturated carbocycles. The summed E-state index contributed by atoms with van der Waals surface area (Å²) in [6, 6.07) is 12.5. The van der Waals surface area contributed by atoms with Gasteiger partial charge in [0.1, 0.15) is 5.82 Å². The van der Waals surface area contributed by atoms with Crippen LogP contribution in [0.2, 0.25) is 0 Å². The molecule has 10 heteroatoms. The Bertz CT molecular complexity index is 1400. The normalized spacial score (nSPS) is 12.8. The zero-order valence-electron chi connectivity index (χ0n) is 18.7.